The Kier molecular flexibility index (Phi) is 6.52. The molecule has 5 rings (SSSR count). The van der Waals surface area contributed by atoms with Crippen molar-refractivity contribution in [2.24, 2.45) is 5.92 Å². The lowest BCUT2D eigenvalue weighted by atomic mass is 9.95. The Balaban J connectivity index is 1.31. The fourth-order valence-electron chi connectivity index (χ4n) is 5.32. The molecule has 0 radical (unpaired) electrons. The van der Waals surface area contributed by atoms with E-state index in [1.807, 2.05) is 36.4 Å². The summed E-state index contributed by atoms with van der Waals surface area (Å²) in [6.45, 7) is 6.10. The zero-order valence-electron chi connectivity index (χ0n) is 18.7. The number of carbonyl (C=O) groups excluding carboxylic acids is 1. The van der Waals surface area contributed by atoms with E-state index in [-0.39, 0.29) is 5.91 Å². The summed E-state index contributed by atoms with van der Waals surface area (Å²) in [5.74, 6) is 0.878. The highest BCUT2D eigenvalue weighted by atomic mass is 35.5. The molecule has 5 heteroatoms. The first-order valence-electron chi connectivity index (χ1n) is 12.0. The lowest BCUT2D eigenvalue weighted by Crippen LogP contribution is -2.43. The molecule has 2 aliphatic rings. The molecule has 0 N–H and O–H groups in total. The Bertz CT molecular complexity index is 1060. The van der Waals surface area contributed by atoms with Gasteiger partial charge in [0.2, 0.25) is 0 Å². The Hall–Kier alpha value is -2.30. The average molecular weight is 450 g/mol. The topological polar surface area (TPSA) is 28.5 Å². The van der Waals surface area contributed by atoms with E-state index in [9.17, 15) is 4.79 Å². The van der Waals surface area contributed by atoms with Crippen LogP contribution in [-0.2, 0) is 6.54 Å². The summed E-state index contributed by atoms with van der Waals surface area (Å²) in [7, 11) is 0. The molecule has 168 valence electrons. The number of halogens is 1. The lowest BCUT2D eigenvalue weighted by molar-refractivity contribution is 0.0651. The zero-order valence-corrected chi connectivity index (χ0v) is 19.4. The highest BCUT2D eigenvalue weighted by molar-refractivity contribution is 6.30. The number of para-hydroxylation sites is 1. The predicted molar refractivity (Wildman–Crippen MR) is 131 cm³/mol. The van der Waals surface area contributed by atoms with E-state index in [0.717, 1.165) is 59.0 Å². The van der Waals surface area contributed by atoms with Crippen LogP contribution < -0.4 is 0 Å². The second-order valence-corrected chi connectivity index (χ2v) is 9.83. The fraction of sp³-hybridized carbons (Fsp3) is 0.444. The van der Waals surface area contributed by atoms with Gasteiger partial charge in [-0.25, -0.2) is 0 Å². The Morgan fingerprint density at radius 2 is 1.62 bits per heavy atom. The number of piperidine rings is 2. The third-order valence-electron chi connectivity index (χ3n) is 7.15. The maximum absolute atomic E-state index is 13.6. The molecule has 2 saturated heterocycles. The number of benzene rings is 2. The third kappa shape index (κ3) is 4.72. The standard InChI is InChI=1S/C27H32ClN3O/c28-24-10-8-21(9-11-24)20-31-25-7-3-2-6-23(25)18-26(31)27(32)30-16-12-22(13-17-30)19-29-14-4-1-5-15-29/h2-3,6-11,18,22H,1,4-5,12-17,19-20H2. The number of likely N-dealkylation sites (tertiary alicyclic amines) is 2. The Morgan fingerprint density at radius 3 is 2.38 bits per heavy atom. The smallest absolute Gasteiger partial charge is 0.270 e. The van der Waals surface area contributed by atoms with Crippen LogP contribution in [0, 0.1) is 5.92 Å². The van der Waals surface area contributed by atoms with E-state index in [0.29, 0.717) is 6.54 Å². The Labute approximate surface area is 195 Å². The minimum absolute atomic E-state index is 0.159. The van der Waals surface area contributed by atoms with Crippen LogP contribution in [0.25, 0.3) is 10.9 Å². The monoisotopic (exact) mass is 449 g/mol. The minimum atomic E-state index is 0.159. The van der Waals surface area contributed by atoms with Gasteiger partial charge in [0.15, 0.2) is 0 Å². The maximum atomic E-state index is 13.6. The van der Waals surface area contributed by atoms with Gasteiger partial charge in [0.25, 0.3) is 5.91 Å². The molecule has 0 spiro atoms. The van der Waals surface area contributed by atoms with E-state index in [2.05, 4.69) is 32.6 Å². The van der Waals surface area contributed by atoms with Crippen LogP contribution in [0.2, 0.25) is 5.02 Å². The van der Waals surface area contributed by atoms with Crippen molar-refractivity contribution in [3.63, 3.8) is 0 Å². The number of carbonyl (C=O) groups is 1. The van der Waals surface area contributed by atoms with Crippen molar-refractivity contribution in [2.75, 3.05) is 32.7 Å². The molecule has 0 saturated carbocycles. The fourth-order valence-corrected chi connectivity index (χ4v) is 5.44. The Morgan fingerprint density at radius 1 is 0.906 bits per heavy atom. The van der Waals surface area contributed by atoms with E-state index in [1.54, 1.807) is 0 Å². The van der Waals surface area contributed by atoms with Gasteiger partial charge in [-0.05, 0) is 74.5 Å². The summed E-state index contributed by atoms with van der Waals surface area (Å²) in [6, 6.07) is 18.2. The molecule has 1 amide bonds. The number of amides is 1. The first-order chi connectivity index (χ1) is 15.7. The normalized spacial score (nSPS) is 18.3. The first kappa shape index (κ1) is 21.5. The van der Waals surface area contributed by atoms with E-state index in [1.165, 1.54) is 38.9 Å². The number of rotatable bonds is 5. The van der Waals surface area contributed by atoms with Gasteiger partial charge in [-0.1, -0.05) is 48.4 Å². The van der Waals surface area contributed by atoms with E-state index >= 15 is 0 Å². The molecule has 2 fully saturated rings. The van der Waals surface area contributed by atoms with Crippen molar-refractivity contribution in [1.82, 2.24) is 14.4 Å². The summed E-state index contributed by atoms with van der Waals surface area (Å²) < 4.78 is 2.17. The van der Waals surface area contributed by atoms with Crippen LogP contribution in [0.1, 0.15) is 48.2 Å². The molecular formula is C27H32ClN3O. The first-order valence-corrected chi connectivity index (χ1v) is 12.4. The number of hydrogen-bond donors (Lipinski definition) is 0. The number of hydrogen-bond acceptors (Lipinski definition) is 2. The number of fused-ring (bicyclic) bond motifs is 1. The SMILES string of the molecule is O=C(c1cc2ccccc2n1Cc1ccc(Cl)cc1)N1CCC(CN2CCCCC2)CC1. The summed E-state index contributed by atoms with van der Waals surface area (Å²) >= 11 is 6.07. The number of aromatic nitrogens is 1. The van der Waals surface area contributed by atoms with Crippen molar-refractivity contribution >= 4 is 28.4 Å². The second kappa shape index (κ2) is 9.68. The van der Waals surface area contributed by atoms with Gasteiger partial charge < -0.3 is 14.4 Å². The van der Waals surface area contributed by atoms with Crippen LogP contribution in [-0.4, -0.2) is 53.0 Å². The summed E-state index contributed by atoms with van der Waals surface area (Å²) in [5, 5.41) is 1.85. The van der Waals surface area contributed by atoms with Crippen LogP contribution in [0.4, 0.5) is 0 Å². The maximum Gasteiger partial charge on any atom is 0.270 e. The van der Waals surface area contributed by atoms with Crippen molar-refractivity contribution in [2.45, 2.75) is 38.6 Å². The van der Waals surface area contributed by atoms with Crippen molar-refractivity contribution in [3.8, 4) is 0 Å². The quantitative estimate of drug-likeness (QED) is 0.501. The van der Waals surface area contributed by atoms with Crippen LogP contribution >= 0.6 is 11.6 Å². The van der Waals surface area contributed by atoms with Crippen molar-refractivity contribution < 1.29 is 4.79 Å². The molecule has 0 aliphatic carbocycles. The molecular weight excluding hydrogens is 418 g/mol. The molecule has 3 heterocycles. The molecule has 2 aromatic carbocycles. The van der Waals surface area contributed by atoms with Crippen LogP contribution in [0.3, 0.4) is 0 Å². The highest BCUT2D eigenvalue weighted by Gasteiger charge is 2.27. The summed E-state index contributed by atoms with van der Waals surface area (Å²) in [5.41, 5.74) is 3.03. The predicted octanol–water partition coefficient (Wildman–Crippen LogP) is 5.68. The average Bonchev–Trinajstić information content (AvgIpc) is 3.19. The largest absolute Gasteiger partial charge is 0.337 e. The molecule has 0 bridgehead atoms. The molecule has 1 aromatic heterocycles. The van der Waals surface area contributed by atoms with Gasteiger partial charge in [-0.2, -0.15) is 0 Å². The van der Waals surface area contributed by atoms with Gasteiger partial charge in [0.1, 0.15) is 5.69 Å². The zero-order chi connectivity index (χ0) is 21.9. The van der Waals surface area contributed by atoms with Crippen LogP contribution in [0.15, 0.2) is 54.6 Å². The van der Waals surface area contributed by atoms with Gasteiger partial charge in [0, 0.05) is 42.1 Å². The van der Waals surface area contributed by atoms with Crippen LogP contribution in [0.5, 0.6) is 0 Å². The van der Waals surface area contributed by atoms with Gasteiger partial charge >= 0.3 is 0 Å². The van der Waals surface area contributed by atoms with E-state index in [4.69, 9.17) is 11.6 Å². The molecule has 4 nitrogen and oxygen atoms in total. The minimum Gasteiger partial charge on any atom is -0.337 e. The molecule has 32 heavy (non-hydrogen) atoms. The van der Waals surface area contributed by atoms with Crippen molar-refractivity contribution in [3.05, 3.63) is 70.9 Å². The third-order valence-corrected chi connectivity index (χ3v) is 7.40. The summed E-state index contributed by atoms with van der Waals surface area (Å²) in [6.07, 6.45) is 6.29. The summed E-state index contributed by atoms with van der Waals surface area (Å²) in [4.78, 5) is 18.3. The number of nitrogens with zero attached hydrogens (tertiary/aromatic N) is 3. The second-order valence-electron chi connectivity index (χ2n) is 9.40. The molecule has 0 atom stereocenters. The van der Waals surface area contributed by atoms with Gasteiger partial charge in [-0.3, -0.25) is 4.79 Å². The van der Waals surface area contributed by atoms with E-state index < -0.39 is 0 Å². The lowest BCUT2D eigenvalue weighted by Gasteiger charge is -2.36. The molecule has 0 unspecified atom stereocenters. The van der Waals surface area contributed by atoms with Gasteiger partial charge in [0.05, 0.1) is 0 Å². The highest BCUT2D eigenvalue weighted by Crippen LogP contribution is 2.26. The molecule has 3 aromatic rings. The van der Waals surface area contributed by atoms with Crippen molar-refractivity contribution in [1.29, 1.82) is 0 Å². The van der Waals surface area contributed by atoms with Gasteiger partial charge in [-0.15, -0.1) is 0 Å². The molecule has 2 aliphatic heterocycles.